The van der Waals surface area contributed by atoms with E-state index in [0.29, 0.717) is 0 Å². The van der Waals surface area contributed by atoms with Crippen molar-refractivity contribution in [3.8, 4) is 0 Å². The number of hydrogen-bond donors (Lipinski definition) is 1. The van der Waals surface area contributed by atoms with E-state index in [2.05, 4.69) is 5.32 Å². The molecule has 1 atom stereocenters. The Morgan fingerprint density at radius 1 is 1.26 bits per heavy atom. The number of alkyl carbamates (subject to hydrolysis) is 1. The van der Waals surface area contributed by atoms with Crippen LogP contribution in [0, 0.1) is 5.41 Å². The number of nitrogens with zero attached hydrogens (tertiary/aromatic N) is 1. The highest BCUT2D eigenvalue weighted by molar-refractivity contribution is 7.88. The molecule has 0 aliphatic rings. The number of likely N-dealkylation sites (N-methyl/N-ethyl adjacent to an activating group) is 1. The van der Waals surface area contributed by atoms with Gasteiger partial charge < -0.3 is 10.1 Å². The smallest absolute Gasteiger partial charge is 0.407 e. The van der Waals surface area contributed by atoms with E-state index in [4.69, 9.17) is 4.74 Å². The zero-order chi connectivity index (χ0) is 17.7. The fourth-order valence-corrected chi connectivity index (χ4v) is 2.26. The number of ether oxygens (including phenoxy) is 1. The van der Waals surface area contributed by atoms with Crippen molar-refractivity contribution < 1.29 is 17.9 Å². The first-order chi connectivity index (χ1) is 10.5. The molecule has 0 saturated carbocycles. The van der Waals surface area contributed by atoms with Crippen molar-refractivity contribution in [2.45, 2.75) is 33.4 Å². The van der Waals surface area contributed by atoms with Gasteiger partial charge in [0.05, 0.1) is 12.3 Å². The molecule has 7 heteroatoms. The van der Waals surface area contributed by atoms with Crippen molar-refractivity contribution in [1.29, 1.82) is 0 Å². The number of carbonyl (C=O) groups is 1. The summed E-state index contributed by atoms with van der Waals surface area (Å²) in [6, 6.07) is 8.99. The number of rotatable bonds is 6. The van der Waals surface area contributed by atoms with Crippen LogP contribution >= 0.6 is 0 Å². The third-order valence-corrected chi connectivity index (χ3v) is 4.84. The summed E-state index contributed by atoms with van der Waals surface area (Å²) in [6.07, 6.45) is 0.580. The quantitative estimate of drug-likeness (QED) is 0.860. The third kappa shape index (κ3) is 7.00. The second kappa shape index (κ2) is 7.79. The molecule has 0 aliphatic carbocycles. The maximum atomic E-state index is 12.0. The summed E-state index contributed by atoms with van der Waals surface area (Å²) in [6.45, 7) is 6.16. The maximum absolute atomic E-state index is 12.0. The van der Waals surface area contributed by atoms with Gasteiger partial charge in [0, 0.05) is 13.6 Å². The topological polar surface area (TPSA) is 75.7 Å². The molecule has 0 saturated heterocycles. The molecule has 0 bridgehead atoms. The van der Waals surface area contributed by atoms with Crippen molar-refractivity contribution in [2.75, 3.05) is 19.8 Å². The van der Waals surface area contributed by atoms with Crippen molar-refractivity contribution in [3.05, 3.63) is 35.9 Å². The fraction of sp³-hybridized carbons (Fsp3) is 0.562. The van der Waals surface area contributed by atoms with Gasteiger partial charge >= 0.3 is 6.09 Å². The summed E-state index contributed by atoms with van der Waals surface area (Å²) in [5, 5.41) is 2.76. The Hall–Kier alpha value is -1.60. The Kier molecular flexibility index (Phi) is 6.58. The van der Waals surface area contributed by atoms with Crippen LogP contribution in [0.4, 0.5) is 4.79 Å². The van der Waals surface area contributed by atoms with E-state index >= 15 is 0 Å². The lowest BCUT2D eigenvalue weighted by Crippen LogP contribution is -2.51. The number of hydrogen-bond acceptors (Lipinski definition) is 4. The van der Waals surface area contributed by atoms with Gasteiger partial charge in [0.1, 0.15) is 6.61 Å². The van der Waals surface area contributed by atoms with Gasteiger partial charge in [-0.3, -0.25) is 0 Å². The van der Waals surface area contributed by atoms with Gasteiger partial charge in [0.15, 0.2) is 0 Å². The van der Waals surface area contributed by atoms with E-state index in [1.54, 1.807) is 0 Å². The molecule has 1 N–H and O–H groups in total. The minimum absolute atomic E-state index is 0.172. The highest BCUT2D eigenvalue weighted by Crippen LogP contribution is 2.20. The van der Waals surface area contributed by atoms with Crippen molar-refractivity contribution in [1.82, 2.24) is 9.62 Å². The molecule has 1 amide bonds. The predicted octanol–water partition coefficient (Wildman–Crippen LogP) is 2.22. The molecule has 0 radical (unpaired) electrons. The van der Waals surface area contributed by atoms with Gasteiger partial charge in [-0.2, -0.15) is 0 Å². The Labute approximate surface area is 138 Å². The maximum Gasteiger partial charge on any atom is 0.407 e. The molecular weight excluding hydrogens is 316 g/mol. The van der Waals surface area contributed by atoms with E-state index in [0.717, 1.165) is 11.8 Å². The molecule has 1 rings (SSSR count). The van der Waals surface area contributed by atoms with Crippen LogP contribution in [0.25, 0.3) is 0 Å². The highest BCUT2D eigenvalue weighted by atomic mass is 32.2. The Balaban J connectivity index is 2.65. The molecule has 0 heterocycles. The Morgan fingerprint density at radius 3 is 2.30 bits per heavy atom. The summed E-state index contributed by atoms with van der Waals surface area (Å²) in [5.41, 5.74) is 0.577. The normalized spacial score (nSPS) is 13.7. The molecule has 1 aromatic carbocycles. The number of nitrogens with one attached hydrogen (secondary N) is 1. The Morgan fingerprint density at radius 2 is 1.83 bits per heavy atom. The van der Waals surface area contributed by atoms with Crippen molar-refractivity contribution in [2.24, 2.45) is 5.41 Å². The summed E-state index contributed by atoms with van der Waals surface area (Å²) >= 11 is 0. The van der Waals surface area contributed by atoms with Crippen LogP contribution in [0.3, 0.4) is 0 Å². The second-order valence-corrected chi connectivity index (χ2v) is 8.76. The molecule has 0 fully saturated rings. The van der Waals surface area contributed by atoms with Gasteiger partial charge in [0.25, 0.3) is 0 Å². The SMILES string of the molecule is CN(C[C@@H](NC(=O)OCc1ccccc1)C(C)(C)C)S(C)(=O)=O. The minimum Gasteiger partial charge on any atom is -0.445 e. The highest BCUT2D eigenvalue weighted by Gasteiger charge is 2.30. The Bertz CT molecular complexity index is 609. The number of amides is 1. The van der Waals surface area contributed by atoms with Crippen LogP contribution in [-0.2, 0) is 21.4 Å². The first-order valence-corrected chi connectivity index (χ1v) is 9.23. The molecule has 23 heavy (non-hydrogen) atoms. The number of carbonyl (C=O) groups excluding carboxylic acids is 1. The first kappa shape index (κ1) is 19.4. The van der Waals surface area contributed by atoms with E-state index in [1.807, 2.05) is 51.1 Å². The zero-order valence-corrected chi connectivity index (χ0v) is 15.2. The van der Waals surface area contributed by atoms with E-state index < -0.39 is 16.1 Å². The zero-order valence-electron chi connectivity index (χ0n) is 14.4. The molecule has 0 aliphatic heterocycles. The van der Waals surface area contributed by atoms with Gasteiger partial charge in [-0.1, -0.05) is 51.1 Å². The van der Waals surface area contributed by atoms with Crippen LogP contribution in [0.5, 0.6) is 0 Å². The van der Waals surface area contributed by atoms with Crippen LogP contribution in [0.15, 0.2) is 30.3 Å². The van der Waals surface area contributed by atoms with Crippen molar-refractivity contribution >= 4 is 16.1 Å². The summed E-state index contributed by atoms with van der Waals surface area (Å²) in [7, 11) is -1.82. The lowest BCUT2D eigenvalue weighted by molar-refractivity contribution is 0.123. The lowest BCUT2D eigenvalue weighted by Gasteiger charge is -2.33. The van der Waals surface area contributed by atoms with Gasteiger partial charge in [-0.05, 0) is 11.0 Å². The molecule has 0 spiro atoms. The molecular formula is C16H26N2O4S. The molecule has 6 nitrogen and oxygen atoms in total. The number of sulfonamides is 1. The molecule has 1 aromatic rings. The van der Waals surface area contributed by atoms with Crippen LogP contribution < -0.4 is 5.32 Å². The van der Waals surface area contributed by atoms with Crippen LogP contribution in [-0.4, -0.2) is 44.7 Å². The summed E-state index contributed by atoms with van der Waals surface area (Å²) < 4.78 is 29.6. The standard InChI is InChI=1S/C16H26N2O4S/c1-16(2,3)14(11-18(4)23(5,20)21)17-15(19)22-12-13-9-7-6-8-10-13/h6-10,14H,11-12H2,1-5H3,(H,17,19)/t14-/m1/s1. The molecule has 130 valence electrons. The van der Waals surface area contributed by atoms with Crippen molar-refractivity contribution in [3.63, 3.8) is 0 Å². The summed E-state index contributed by atoms with van der Waals surface area (Å²) in [4.78, 5) is 12.0. The van der Waals surface area contributed by atoms with Crippen LogP contribution in [0.1, 0.15) is 26.3 Å². The van der Waals surface area contributed by atoms with E-state index in [1.165, 1.54) is 11.4 Å². The van der Waals surface area contributed by atoms with Crippen LogP contribution in [0.2, 0.25) is 0 Å². The number of benzene rings is 1. The molecule has 0 aromatic heterocycles. The first-order valence-electron chi connectivity index (χ1n) is 7.38. The fourth-order valence-electron chi connectivity index (χ4n) is 1.84. The van der Waals surface area contributed by atoms with E-state index in [9.17, 15) is 13.2 Å². The second-order valence-electron chi connectivity index (χ2n) is 6.67. The predicted molar refractivity (Wildman–Crippen MR) is 90.5 cm³/mol. The van der Waals surface area contributed by atoms with Gasteiger partial charge in [0.2, 0.25) is 10.0 Å². The third-order valence-electron chi connectivity index (χ3n) is 3.56. The molecule has 0 unspecified atom stereocenters. The lowest BCUT2D eigenvalue weighted by atomic mass is 9.87. The van der Waals surface area contributed by atoms with Gasteiger partial charge in [-0.25, -0.2) is 17.5 Å². The average Bonchev–Trinajstić information content (AvgIpc) is 2.43. The summed E-state index contributed by atoms with van der Waals surface area (Å²) in [5.74, 6) is 0. The monoisotopic (exact) mass is 342 g/mol. The van der Waals surface area contributed by atoms with Gasteiger partial charge in [-0.15, -0.1) is 0 Å². The largest absolute Gasteiger partial charge is 0.445 e. The average molecular weight is 342 g/mol. The van der Waals surface area contributed by atoms with E-state index in [-0.39, 0.29) is 24.6 Å². The minimum atomic E-state index is -3.31.